The van der Waals surface area contributed by atoms with Gasteiger partial charge in [0.25, 0.3) is 0 Å². The average molecular weight is 344 g/mol. The van der Waals surface area contributed by atoms with Crippen LogP contribution < -0.4 is 10.1 Å². The topological polar surface area (TPSA) is 90.1 Å². The summed E-state index contributed by atoms with van der Waals surface area (Å²) >= 11 is 0. The number of hydrogen-bond donors (Lipinski definition) is 1. The van der Waals surface area contributed by atoms with Crippen molar-refractivity contribution >= 4 is 5.91 Å². The van der Waals surface area contributed by atoms with E-state index in [0.717, 1.165) is 31.2 Å². The molecule has 2 aromatic rings. The first kappa shape index (κ1) is 17.4. The van der Waals surface area contributed by atoms with E-state index in [1.165, 1.54) is 0 Å². The third-order valence-corrected chi connectivity index (χ3v) is 4.25. The molecule has 25 heavy (non-hydrogen) atoms. The van der Waals surface area contributed by atoms with Crippen LogP contribution in [0.25, 0.3) is 11.4 Å². The zero-order chi connectivity index (χ0) is 17.8. The number of hydrogen-bond acceptors (Lipinski definition) is 6. The summed E-state index contributed by atoms with van der Waals surface area (Å²) in [7, 11) is 0. The Kier molecular flexibility index (Phi) is 5.31. The lowest BCUT2D eigenvalue weighted by molar-refractivity contribution is -0.125. The molecule has 7 nitrogen and oxygen atoms in total. The van der Waals surface area contributed by atoms with E-state index in [4.69, 9.17) is 9.26 Å². The molecule has 1 fully saturated rings. The first-order valence-electron chi connectivity index (χ1n) is 8.80. The predicted molar refractivity (Wildman–Crippen MR) is 91.8 cm³/mol. The summed E-state index contributed by atoms with van der Waals surface area (Å²) < 4.78 is 10.9. The molecule has 0 unspecified atom stereocenters. The zero-order valence-electron chi connectivity index (χ0n) is 14.9. The highest BCUT2D eigenvalue weighted by molar-refractivity contribution is 5.79. The van der Waals surface area contributed by atoms with Crippen molar-refractivity contribution < 1.29 is 14.1 Å². The molecule has 1 saturated carbocycles. The molecule has 3 rings (SSSR count). The maximum Gasteiger partial charge on any atom is 0.249 e. The Hall–Kier alpha value is -2.44. The fraction of sp³-hybridized carbons (Fsp3) is 0.556. The number of carbonyl (C=O) groups excluding carboxylic acids is 1. The van der Waals surface area contributed by atoms with Gasteiger partial charge in [0.2, 0.25) is 23.5 Å². The van der Waals surface area contributed by atoms with Crippen LogP contribution in [0.4, 0.5) is 0 Å². The fourth-order valence-corrected chi connectivity index (χ4v) is 2.96. The lowest BCUT2D eigenvalue weighted by Gasteiger charge is -2.13. The number of ether oxygens (including phenoxy) is 1. The molecule has 2 aromatic heterocycles. The van der Waals surface area contributed by atoms with Crippen molar-refractivity contribution in [3.05, 3.63) is 24.2 Å². The highest BCUT2D eigenvalue weighted by Crippen LogP contribution is 2.26. The first-order chi connectivity index (χ1) is 12.0. The molecule has 134 valence electrons. The normalized spacial score (nSPS) is 16.2. The maximum atomic E-state index is 12.2. The molecule has 0 spiro atoms. The number of aromatic nitrogens is 3. The number of nitrogens with zero attached hydrogens (tertiary/aromatic N) is 3. The molecule has 1 aliphatic carbocycles. The molecule has 0 bridgehead atoms. The largest absolute Gasteiger partial charge is 0.475 e. The second-order valence-electron chi connectivity index (χ2n) is 6.72. The summed E-state index contributed by atoms with van der Waals surface area (Å²) in [5.74, 6) is 1.54. The Morgan fingerprint density at radius 3 is 2.80 bits per heavy atom. The molecule has 0 aliphatic heterocycles. The minimum Gasteiger partial charge on any atom is -0.475 e. The number of pyridine rings is 1. The van der Waals surface area contributed by atoms with Gasteiger partial charge in [0.15, 0.2) is 0 Å². The zero-order valence-corrected chi connectivity index (χ0v) is 14.9. The van der Waals surface area contributed by atoms with Crippen molar-refractivity contribution in [2.45, 2.75) is 58.6 Å². The van der Waals surface area contributed by atoms with E-state index < -0.39 is 0 Å². The fourth-order valence-electron chi connectivity index (χ4n) is 2.96. The second kappa shape index (κ2) is 7.63. The van der Waals surface area contributed by atoms with Crippen LogP contribution >= 0.6 is 0 Å². The number of nitrogens with one attached hydrogen (secondary N) is 1. The minimum absolute atomic E-state index is 0.0365. The van der Waals surface area contributed by atoms with Gasteiger partial charge in [-0.15, -0.1) is 0 Å². The Labute approximate surface area is 147 Å². The second-order valence-corrected chi connectivity index (χ2v) is 6.72. The molecular weight excluding hydrogens is 320 g/mol. The molecule has 1 N–H and O–H groups in total. The van der Waals surface area contributed by atoms with Crippen molar-refractivity contribution in [2.75, 3.05) is 0 Å². The van der Waals surface area contributed by atoms with E-state index in [2.05, 4.69) is 20.4 Å². The van der Waals surface area contributed by atoms with Crippen LogP contribution in [0.3, 0.4) is 0 Å². The Balaban J connectivity index is 1.68. The third kappa shape index (κ3) is 4.35. The summed E-state index contributed by atoms with van der Waals surface area (Å²) in [5, 5.41) is 6.98. The van der Waals surface area contributed by atoms with Gasteiger partial charge in [-0.05, 0) is 39.7 Å². The van der Waals surface area contributed by atoms with Gasteiger partial charge in [-0.2, -0.15) is 4.98 Å². The van der Waals surface area contributed by atoms with E-state index in [-0.39, 0.29) is 24.0 Å². The van der Waals surface area contributed by atoms with Crippen LogP contribution in [0.2, 0.25) is 0 Å². The smallest absolute Gasteiger partial charge is 0.249 e. The third-order valence-electron chi connectivity index (χ3n) is 4.25. The van der Waals surface area contributed by atoms with Crippen LogP contribution in [0.15, 0.2) is 22.9 Å². The van der Waals surface area contributed by atoms with Crippen molar-refractivity contribution in [1.82, 2.24) is 20.4 Å². The molecule has 1 atom stereocenters. The average Bonchev–Trinajstić information content (AvgIpc) is 3.26. The van der Waals surface area contributed by atoms with Crippen molar-refractivity contribution in [3.63, 3.8) is 0 Å². The lowest BCUT2D eigenvalue weighted by atomic mass is 10.1. The monoisotopic (exact) mass is 344 g/mol. The summed E-state index contributed by atoms with van der Waals surface area (Å²) in [6, 6.07) is 3.25. The van der Waals surface area contributed by atoms with Crippen molar-refractivity contribution in [3.8, 4) is 17.3 Å². The highest BCUT2D eigenvalue weighted by Gasteiger charge is 2.25. The maximum absolute atomic E-state index is 12.2. The standard InChI is InChI=1S/C18H24N4O3/c1-11(2)24-15-10-14(8-9-19-15)16-21-18(25-22-16)12(3)20-17(23)13-6-4-5-7-13/h8-13H,4-7H2,1-3H3,(H,20,23)/t12-/m0/s1. The highest BCUT2D eigenvalue weighted by atomic mass is 16.5. The van der Waals surface area contributed by atoms with E-state index in [1.54, 1.807) is 18.3 Å². The molecule has 1 amide bonds. The van der Waals surface area contributed by atoms with Gasteiger partial charge in [-0.3, -0.25) is 4.79 Å². The van der Waals surface area contributed by atoms with Gasteiger partial charge < -0.3 is 14.6 Å². The first-order valence-corrected chi connectivity index (χ1v) is 8.80. The van der Waals surface area contributed by atoms with Crippen LogP contribution in [0, 0.1) is 5.92 Å². The van der Waals surface area contributed by atoms with Gasteiger partial charge in [0, 0.05) is 23.7 Å². The van der Waals surface area contributed by atoms with Gasteiger partial charge in [0.1, 0.15) is 6.04 Å². The molecular formula is C18H24N4O3. The summed E-state index contributed by atoms with van der Waals surface area (Å²) in [6.45, 7) is 5.73. The quantitative estimate of drug-likeness (QED) is 0.865. The molecule has 7 heteroatoms. The predicted octanol–water partition coefficient (Wildman–Crippen LogP) is 3.29. The minimum atomic E-state index is -0.317. The molecule has 0 saturated heterocycles. The van der Waals surface area contributed by atoms with Gasteiger partial charge >= 0.3 is 0 Å². The van der Waals surface area contributed by atoms with E-state index in [9.17, 15) is 4.79 Å². The van der Waals surface area contributed by atoms with Gasteiger partial charge in [0.05, 0.1) is 6.10 Å². The van der Waals surface area contributed by atoms with Gasteiger partial charge in [-0.1, -0.05) is 18.0 Å². The SMILES string of the molecule is CC(C)Oc1cc(-c2noc([C@H](C)NC(=O)C3CCCC3)n2)ccn1. The molecule has 1 aliphatic rings. The van der Waals surface area contributed by atoms with E-state index >= 15 is 0 Å². The van der Waals surface area contributed by atoms with Crippen molar-refractivity contribution in [1.29, 1.82) is 0 Å². The van der Waals surface area contributed by atoms with E-state index in [1.807, 2.05) is 20.8 Å². The molecule has 0 aromatic carbocycles. The summed E-state index contributed by atoms with van der Waals surface area (Å²) in [4.78, 5) is 20.8. The van der Waals surface area contributed by atoms with E-state index in [0.29, 0.717) is 17.6 Å². The Bertz CT molecular complexity index is 723. The molecule has 2 heterocycles. The number of rotatable bonds is 6. The van der Waals surface area contributed by atoms with Crippen LogP contribution in [0.1, 0.15) is 58.4 Å². The summed E-state index contributed by atoms with van der Waals surface area (Å²) in [6.07, 6.45) is 5.86. The van der Waals surface area contributed by atoms with Crippen LogP contribution in [0.5, 0.6) is 5.88 Å². The summed E-state index contributed by atoms with van der Waals surface area (Å²) in [5.41, 5.74) is 0.759. The van der Waals surface area contributed by atoms with Crippen molar-refractivity contribution in [2.24, 2.45) is 5.92 Å². The van der Waals surface area contributed by atoms with Crippen LogP contribution in [-0.2, 0) is 4.79 Å². The number of carbonyl (C=O) groups is 1. The molecule has 0 radical (unpaired) electrons. The number of amides is 1. The lowest BCUT2D eigenvalue weighted by Crippen LogP contribution is -2.31. The van der Waals surface area contributed by atoms with Gasteiger partial charge in [-0.25, -0.2) is 4.98 Å². The Morgan fingerprint density at radius 2 is 2.08 bits per heavy atom. The Morgan fingerprint density at radius 1 is 1.32 bits per heavy atom. The van der Waals surface area contributed by atoms with Crippen LogP contribution in [-0.4, -0.2) is 27.1 Å².